The maximum atomic E-state index is 12.3. The normalized spacial score (nSPS) is 16.8. The molecule has 0 atom stereocenters. The Hall–Kier alpha value is -0.940. The van der Waals surface area contributed by atoms with Crippen LogP contribution in [0.1, 0.15) is 11.8 Å². The van der Waals surface area contributed by atoms with E-state index in [2.05, 4.69) is 5.32 Å². The first-order valence-electron chi connectivity index (χ1n) is 5.32. The number of rotatable bonds is 4. The first kappa shape index (κ1) is 12.5. The fraction of sp³-hybridized carbons (Fsp3) is 0.500. The largest absolute Gasteiger partial charge is 0.313 e. The van der Waals surface area contributed by atoms with Crippen LogP contribution in [0.5, 0.6) is 0 Å². The molecule has 1 aliphatic heterocycles. The molecule has 7 heteroatoms. The number of nitrogens with one attached hydrogen (secondary N) is 1. The van der Waals surface area contributed by atoms with E-state index in [1.165, 1.54) is 10.4 Å². The maximum absolute atomic E-state index is 12.3. The van der Waals surface area contributed by atoms with Crippen LogP contribution in [-0.4, -0.2) is 38.4 Å². The first-order chi connectivity index (χ1) is 8.09. The van der Waals surface area contributed by atoms with Gasteiger partial charge < -0.3 is 5.32 Å². The van der Waals surface area contributed by atoms with Gasteiger partial charge in [-0.1, -0.05) is 6.92 Å². The van der Waals surface area contributed by atoms with Gasteiger partial charge in [0.1, 0.15) is 15.2 Å². The molecule has 0 spiro atoms. The van der Waals surface area contributed by atoms with Crippen LogP contribution in [0.25, 0.3) is 0 Å². The zero-order valence-corrected chi connectivity index (χ0v) is 11.0. The fourth-order valence-electron chi connectivity index (χ4n) is 1.74. The van der Waals surface area contributed by atoms with E-state index < -0.39 is 10.0 Å². The Morgan fingerprint density at radius 3 is 2.71 bits per heavy atom. The molecule has 1 N–H and O–H groups in total. The van der Waals surface area contributed by atoms with Gasteiger partial charge in [0.15, 0.2) is 0 Å². The molecule has 5 nitrogen and oxygen atoms in total. The average Bonchev–Trinajstić information content (AvgIpc) is 2.71. The summed E-state index contributed by atoms with van der Waals surface area (Å²) in [6, 6.07) is 5.05. The van der Waals surface area contributed by atoms with Crippen molar-refractivity contribution < 1.29 is 8.42 Å². The molecule has 2 rings (SSSR count). The van der Waals surface area contributed by atoms with E-state index in [1.54, 1.807) is 6.07 Å². The molecule has 0 saturated carbocycles. The molecule has 92 valence electrons. The molecule has 0 unspecified atom stereocenters. The quantitative estimate of drug-likeness (QED) is 0.870. The summed E-state index contributed by atoms with van der Waals surface area (Å²) in [5.74, 6) is 0. The van der Waals surface area contributed by atoms with Crippen molar-refractivity contribution in [1.82, 2.24) is 9.62 Å². The Morgan fingerprint density at radius 2 is 2.29 bits per heavy atom. The molecular formula is C10H13N3O2S2. The minimum Gasteiger partial charge on any atom is -0.313 e. The topological polar surface area (TPSA) is 73.2 Å². The van der Waals surface area contributed by atoms with Crippen LogP contribution < -0.4 is 5.32 Å². The van der Waals surface area contributed by atoms with Crippen molar-refractivity contribution in [1.29, 1.82) is 5.26 Å². The Kier molecular flexibility index (Phi) is 3.49. The number of likely N-dealkylation sites (N-methyl/N-ethyl adjacent to an activating group) is 1. The Labute approximate surface area is 105 Å². The van der Waals surface area contributed by atoms with Crippen LogP contribution >= 0.6 is 11.3 Å². The van der Waals surface area contributed by atoms with E-state index in [1.807, 2.05) is 13.0 Å². The summed E-state index contributed by atoms with van der Waals surface area (Å²) >= 11 is 1.02. The number of hydrogen-bond acceptors (Lipinski definition) is 5. The monoisotopic (exact) mass is 271 g/mol. The Morgan fingerprint density at radius 1 is 1.59 bits per heavy atom. The number of nitriles is 1. The Bertz CT molecular complexity index is 540. The molecule has 1 aromatic heterocycles. The highest BCUT2D eigenvalue weighted by atomic mass is 32.2. The van der Waals surface area contributed by atoms with Gasteiger partial charge in [-0.15, -0.1) is 11.3 Å². The van der Waals surface area contributed by atoms with Gasteiger partial charge >= 0.3 is 0 Å². The van der Waals surface area contributed by atoms with Gasteiger partial charge in [-0.25, -0.2) is 8.42 Å². The molecule has 1 fully saturated rings. The summed E-state index contributed by atoms with van der Waals surface area (Å²) in [5.41, 5.74) is 0. The second-order valence-corrected chi connectivity index (χ2v) is 6.95. The Balaban J connectivity index is 2.31. The van der Waals surface area contributed by atoms with Crippen LogP contribution in [0.4, 0.5) is 0 Å². The first-order valence-corrected chi connectivity index (χ1v) is 7.57. The van der Waals surface area contributed by atoms with Crippen LogP contribution in [-0.2, 0) is 10.0 Å². The van der Waals surface area contributed by atoms with E-state index >= 15 is 0 Å². The van der Waals surface area contributed by atoms with E-state index in [9.17, 15) is 8.42 Å². The van der Waals surface area contributed by atoms with Crippen molar-refractivity contribution in [3.63, 3.8) is 0 Å². The minimum absolute atomic E-state index is 0.0395. The molecule has 0 radical (unpaired) electrons. The highest BCUT2D eigenvalue weighted by Gasteiger charge is 2.34. The molecule has 2 heterocycles. The third kappa shape index (κ3) is 2.21. The fourth-order valence-corrected chi connectivity index (χ4v) is 4.60. The van der Waals surface area contributed by atoms with Gasteiger partial charge in [0, 0.05) is 19.6 Å². The van der Waals surface area contributed by atoms with Gasteiger partial charge in [-0.05, 0) is 12.1 Å². The highest BCUT2D eigenvalue weighted by molar-refractivity contribution is 7.91. The van der Waals surface area contributed by atoms with E-state index in [-0.39, 0.29) is 10.3 Å². The maximum Gasteiger partial charge on any atom is 0.252 e. The molecule has 0 amide bonds. The van der Waals surface area contributed by atoms with Crippen LogP contribution in [0.15, 0.2) is 16.3 Å². The molecule has 0 bridgehead atoms. The van der Waals surface area contributed by atoms with E-state index in [0.717, 1.165) is 11.3 Å². The average molecular weight is 271 g/mol. The van der Waals surface area contributed by atoms with Crippen molar-refractivity contribution in [2.75, 3.05) is 19.6 Å². The van der Waals surface area contributed by atoms with Crippen molar-refractivity contribution in [2.24, 2.45) is 0 Å². The predicted molar refractivity (Wildman–Crippen MR) is 65.3 cm³/mol. The molecule has 1 aromatic rings. The third-order valence-electron chi connectivity index (χ3n) is 2.73. The van der Waals surface area contributed by atoms with Crippen LogP contribution in [0.2, 0.25) is 0 Å². The second-order valence-electron chi connectivity index (χ2n) is 3.75. The van der Waals surface area contributed by atoms with E-state index in [0.29, 0.717) is 24.5 Å². The number of hydrogen-bond donors (Lipinski definition) is 1. The summed E-state index contributed by atoms with van der Waals surface area (Å²) < 4.78 is 26.4. The van der Waals surface area contributed by atoms with Gasteiger partial charge in [0.05, 0.1) is 6.04 Å². The van der Waals surface area contributed by atoms with Crippen molar-refractivity contribution in [3.8, 4) is 6.07 Å². The molecule has 0 aromatic carbocycles. The molecule has 1 aliphatic rings. The van der Waals surface area contributed by atoms with Gasteiger partial charge in [0.2, 0.25) is 0 Å². The predicted octanol–water partition coefficient (Wildman–Crippen LogP) is 0.602. The lowest BCUT2D eigenvalue weighted by molar-refractivity contribution is 0.250. The summed E-state index contributed by atoms with van der Waals surface area (Å²) in [5, 5.41) is 11.8. The SMILES string of the molecule is CCN(C1CNC1)S(=O)(=O)c1ccc(C#N)s1. The zero-order valence-electron chi connectivity index (χ0n) is 9.38. The summed E-state index contributed by atoms with van der Waals surface area (Å²) in [7, 11) is -3.44. The summed E-state index contributed by atoms with van der Waals surface area (Å²) in [6.45, 7) is 3.68. The summed E-state index contributed by atoms with van der Waals surface area (Å²) in [6.07, 6.45) is 0. The number of sulfonamides is 1. The van der Waals surface area contributed by atoms with Crippen molar-refractivity contribution in [3.05, 3.63) is 17.0 Å². The van der Waals surface area contributed by atoms with Crippen molar-refractivity contribution in [2.45, 2.75) is 17.2 Å². The molecule has 17 heavy (non-hydrogen) atoms. The van der Waals surface area contributed by atoms with E-state index in [4.69, 9.17) is 5.26 Å². The lowest BCUT2D eigenvalue weighted by Gasteiger charge is -2.36. The molecule has 1 saturated heterocycles. The minimum atomic E-state index is -3.44. The smallest absolute Gasteiger partial charge is 0.252 e. The number of thiophene rings is 1. The van der Waals surface area contributed by atoms with Gasteiger partial charge in [0.25, 0.3) is 10.0 Å². The molecular weight excluding hydrogens is 258 g/mol. The van der Waals surface area contributed by atoms with Crippen LogP contribution in [0, 0.1) is 11.3 Å². The standard InChI is InChI=1S/C10H13N3O2S2/c1-2-13(8-6-12-7-8)17(14,15)10-4-3-9(5-11)16-10/h3-4,8,12H,2,6-7H2,1H3. The lowest BCUT2D eigenvalue weighted by Crippen LogP contribution is -2.58. The van der Waals surface area contributed by atoms with Crippen molar-refractivity contribution >= 4 is 21.4 Å². The van der Waals surface area contributed by atoms with Gasteiger partial charge in [-0.2, -0.15) is 9.57 Å². The number of nitrogens with zero attached hydrogens (tertiary/aromatic N) is 2. The highest BCUT2D eigenvalue weighted by Crippen LogP contribution is 2.26. The third-order valence-corrected chi connectivity index (χ3v) is 6.22. The lowest BCUT2D eigenvalue weighted by atomic mass is 10.2. The zero-order chi connectivity index (χ0) is 12.5. The summed E-state index contributed by atoms with van der Waals surface area (Å²) in [4.78, 5) is 0.423. The van der Waals surface area contributed by atoms with Gasteiger partial charge in [-0.3, -0.25) is 0 Å². The van der Waals surface area contributed by atoms with Crippen LogP contribution in [0.3, 0.4) is 0 Å². The second kappa shape index (κ2) is 4.74. The molecule has 0 aliphatic carbocycles.